The van der Waals surface area contributed by atoms with E-state index in [1.807, 2.05) is 4.72 Å². The molecule has 3 atom stereocenters. The van der Waals surface area contributed by atoms with Crippen molar-refractivity contribution < 1.29 is 65.5 Å². The third kappa shape index (κ3) is 10.3. The molecule has 1 fully saturated rings. The number of hydrogen-bond acceptors (Lipinski definition) is 8. The van der Waals surface area contributed by atoms with E-state index in [9.17, 15) is 56.8 Å². The van der Waals surface area contributed by atoms with Crippen LogP contribution < -0.4 is 10.0 Å². The predicted molar refractivity (Wildman–Crippen MR) is 218 cm³/mol. The second-order valence-corrected chi connectivity index (χ2v) is 20.6. The summed E-state index contributed by atoms with van der Waals surface area (Å²) < 4.78 is 195. The van der Waals surface area contributed by atoms with Gasteiger partial charge in [0.05, 0.1) is 33.9 Å². The van der Waals surface area contributed by atoms with Gasteiger partial charge in [0.1, 0.15) is 40.9 Å². The number of carbonyl (C=O) groups excluding carboxylic acids is 1. The number of fused-ring (bicyclic) bond motifs is 4. The first-order valence-electron chi connectivity index (χ1n) is 18.6. The zero-order valence-electron chi connectivity index (χ0n) is 33.4. The average molecular weight is 992 g/mol. The van der Waals surface area contributed by atoms with E-state index in [1.54, 1.807) is 0 Å². The Bertz CT molecular complexity index is 3040. The topological polar surface area (TPSA) is 158 Å². The molecular weight excluding hydrogens is 959 g/mol. The summed E-state index contributed by atoms with van der Waals surface area (Å²) in [5.74, 6) is -5.43. The number of halogens is 11. The van der Waals surface area contributed by atoms with Gasteiger partial charge < -0.3 is 5.32 Å². The van der Waals surface area contributed by atoms with Gasteiger partial charge in [0.15, 0.2) is 21.3 Å². The number of sulfone groups is 1. The normalized spacial score (nSPS) is 17.4. The summed E-state index contributed by atoms with van der Waals surface area (Å²) in [6.45, 7) is -0.547. The third-order valence-electron chi connectivity index (χ3n) is 10.6. The molecule has 3 heterocycles. The molecule has 1 saturated carbocycles. The SMILES string of the molecule is CC(C)(C#Cc1ccc(-c2ccc(Cl)c3c(NS(C)(=O)=O)nn(CC(F)(F)F)c23)c([C@H](Cc2cc(F)cc(F)c2)NC(=O)Cn2nc(C(F)(F)F)c3c2C(F)(F)[C@@H]2C[C@H]32)n1)S(C)(=O)=O.[NaH]. The van der Waals surface area contributed by atoms with Crippen LogP contribution in [0.25, 0.3) is 22.0 Å². The van der Waals surface area contributed by atoms with E-state index in [0.717, 1.165) is 24.5 Å². The Hall–Kier alpha value is -4.41. The molecule has 2 aliphatic carbocycles. The predicted octanol–water partition coefficient (Wildman–Crippen LogP) is 7.01. The van der Waals surface area contributed by atoms with Crippen LogP contribution >= 0.6 is 11.6 Å². The van der Waals surface area contributed by atoms with E-state index in [2.05, 4.69) is 32.3 Å². The van der Waals surface area contributed by atoms with Crippen LogP contribution in [0.2, 0.25) is 5.02 Å². The molecule has 0 spiro atoms. The molecule has 344 valence electrons. The van der Waals surface area contributed by atoms with E-state index >= 15 is 8.78 Å². The van der Waals surface area contributed by atoms with Gasteiger partial charge in [-0.2, -0.15) is 45.3 Å². The number of sulfonamides is 1. The Balaban J connectivity index is 0.00000700. The van der Waals surface area contributed by atoms with Crippen LogP contribution in [0.5, 0.6) is 0 Å². The number of benzene rings is 2. The van der Waals surface area contributed by atoms with Crippen LogP contribution in [0.4, 0.5) is 49.7 Å². The molecule has 3 aromatic heterocycles. The number of alkyl halides is 8. The van der Waals surface area contributed by atoms with Gasteiger partial charge in [-0.1, -0.05) is 23.6 Å². The number of anilines is 1. The molecular formula is C39H33ClF10N7NaO5S2. The van der Waals surface area contributed by atoms with Gasteiger partial charge in [-0.05, 0) is 74.4 Å². The van der Waals surface area contributed by atoms with Gasteiger partial charge in [-0.25, -0.2) is 30.6 Å². The number of hydrogen-bond donors (Lipinski definition) is 2. The zero-order valence-corrected chi connectivity index (χ0v) is 35.7. The standard InChI is InChI=1S/C39H32ClF10N7O5S2.Na.H/c1-36(2,63(3,59)60)10-9-21-5-6-22(23-7-8-26(40)30-32(23)57(17-37(43,44)45)54-35(30)55-64(4,61)62)31(51-21)27(13-18-11-19(41)14-20(42)12-18)52-28(58)16-56-34-29(33(53-56)39(48,49)50)24-15-25(24)38(34,46)47;;/h5-8,11-12,14,24-25,27H,13,15-17H2,1-4H3,(H,52,58)(H,54,55);;/t24-,25+,27-;;/m0../s1. The number of nitrogens with zero attached hydrogens (tertiary/aromatic N) is 5. The summed E-state index contributed by atoms with van der Waals surface area (Å²) >= 11 is 6.46. The maximum atomic E-state index is 15.5. The number of pyridine rings is 1. The minimum absolute atomic E-state index is 0. The molecule has 2 N–H and O–H groups in total. The Morgan fingerprint density at radius 1 is 0.954 bits per heavy atom. The van der Waals surface area contributed by atoms with Crippen molar-refractivity contribution in [3.05, 3.63) is 93.0 Å². The summed E-state index contributed by atoms with van der Waals surface area (Å²) in [5, 5.41) is 9.01. The molecule has 65 heavy (non-hydrogen) atoms. The van der Waals surface area contributed by atoms with Gasteiger partial charge in [0.2, 0.25) is 15.9 Å². The minimum atomic E-state index is -5.19. The summed E-state index contributed by atoms with van der Waals surface area (Å²) in [6.07, 6.45) is -9.46. The summed E-state index contributed by atoms with van der Waals surface area (Å²) in [4.78, 5) is 18.5. The molecule has 1 amide bonds. The molecule has 2 aliphatic rings. The van der Waals surface area contributed by atoms with Crippen molar-refractivity contribution in [3.8, 4) is 23.0 Å². The van der Waals surface area contributed by atoms with E-state index in [-0.39, 0.29) is 79.1 Å². The summed E-state index contributed by atoms with van der Waals surface area (Å²) in [7, 11) is -8.06. The first-order chi connectivity index (χ1) is 29.3. The fourth-order valence-electron chi connectivity index (χ4n) is 7.52. The fourth-order valence-corrected chi connectivity index (χ4v) is 8.50. The van der Waals surface area contributed by atoms with Crippen molar-refractivity contribution in [2.24, 2.45) is 5.92 Å². The fraction of sp³-hybridized carbons (Fsp3) is 0.385. The molecule has 0 unspecified atom stereocenters. The summed E-state index contributed by atoms with van der Waals surface area (Å²) in [6, 6.07) is 5.24. The molecule has 26 heteroatoms. The van der Waals surface area contributed by atoms with E-state index in [4.69, 9.17) is 11.6 Å². The number of nitrogens with one attached hydrogen (secondary N) is 2. The van der Waals surface area contributed by atoms with Crippen LogP contribution in [0, 0.1) is 29.4 Å². The van der Waals surface area contributed by atoms with Crippen molar-refractivity contribution in [2.45, 2.75) is 74.8 Å². The average Bonchev–Trinajstić information content (AvgIpc) is 3.66. The maximum absolute atomic E-state index is 15.5. The van der Waals surface area contributed by atoms with Crippen molar-refractivity contribution in [1.82, 2.24) is 29.9 Å². The van der Waals surface area contributed by atoms with E-state index < -0.39 is 126 Å². The van der Waals surface area contributed by atoms with Gasteiger partial charge >= 0.3 is 41.9 Å². The van der Waals surface area contributed by atoms with Crippen molar-refractivity contribution >= 4 is 83.6 Å². The molecule has 0 radical (unpaired) electrons. The van der Waals surface area contributed by atoms with Crippen LogP contribution in [0.1, 0.15) is 66.1 Å². The van der Waals surface area contributed by atoms with Gasteiger partial charge in [-0.15, -0.1) is 0 Å². The quantitative estimate of drug-likeness (QED) is 0.0813. The molecule has 5 aromatic rings. The second-order valence-electron chi connectivity index (χ2n) is 15.9. The van der Waals surface area contributed by atoms with Crippen LogP contribution in [-0.2, 0) is 56.3 Å². The first kappa shape index (κ1) is 50.0. The van der Waals surface area contributed by atoms with Crippen molar-refractivity contribution in [2.75, 3.05) is 17.2 Å². The molecule has 0 bridgehead atoms. The van der Waals surface area contributed by atoms with Gasteiger partial charge in [0.25, 0.3) is 5.92 Å². The number of carbonyl (C=O) groups is 1. The summed E-state index contributed by atoms with van der Waals surface area (Å²) in [5.41, 5.74) is -5.17. The first-order valence-corrected chi connectivity index (χ1v) is 22.8. The molecule has 2 aromatic carbocycles. The number of rotatable bonds is 11. The zero-order chi connectivity index (χ0) is 47.3. The Morgan fingerprint density at radius 2 is 1.58 bits per heavy atom. The Kier molecular flexibility index (Phi) is 13.1. The van der Waals surface area contributed by atoms with Crippen LogP contribution in [0.3, 0.4) is 0 Å². The third-order valence-corrected chi connectivity index (χ3v) is 13.4. The Labute approximate surface area is 390 Å². The van der Waals surface area contributed by atoms with Crippen molar-refractivity contribution in [1.29, 1.82) is 0 Å². The number of amides is 1. The van der Waals surface area contributed by atoms with Gasteiger partial charge in [-0.3, -0.25) is 18.9 Å². The number of aromatic nitrogens is 5. The van der Waals surface area contributed by atoms with Crippen LogP contribution in [0.15, 0.2) is 42.5 Å². The molecule has 7 rings (SSSR count). The van der Waals surface area contributed by atoms with E-state index in [0.29, 0.717) is 17.0 Å². The Morgan fingerprint density at radius 3 is 2.17 bits per heavy atom. The molecule has 12 nitrogen and oxygen atoms in total. The van der Waals surface area contributed by atoms with E-state index in [1.165, 1.54) is 32.0 Å². The van der Waals surface area contributed by atoms with Gasteiger partial charge in [0, 0.05) is 34.9 Å². The molecule has 0 saturated heterocycles. The van der Waals surface area contributed by atoms with Crippen LogP contribution in [-0.4, -0.2) is 100 Å². The monoisotopic (exact) mass is 991 g/mol. The molecule has 0 aliphatic heterocycles. The van der Waals surface area contributed by atoms with Crippen molar-refractivity contribution in [3.63, 3.8) is 0 Å². The second kappa shape index (κ2) is 17.0.